The average molecular weight is 438 g/mol. The van der Waals surface area contributed by atoms with E-state index in [1.54, 1.807) is 12.1 Å². The molecular weight excluding hydrogens is 402 g/mol. The number of amides is 1. The van der Waals surface area contributed by atoms with Crippen LogP contribution < -0.4 is 4.74 Å². The number of rotatable bonds is 6. The summed E-state index contributed by atoms with van der Waals surface area (Å²) in [6.45, 7) is 11.1. The van der Waals surface area contributed by atoms with Gasteiger partial charge in [-0.2, -0.15) is 4.31 Å². The Kier molecular flexibility index (Phi) is 7.42. The third-order valence-corrected chi connectivity index (χ3v) is 8.22. The van der Waals surface area contributed by atoms with Gasteiger partial charge < -0.3 is 14.5 Å². The number of ether oxygens (including phenoxy) is 1. The first-order valence-electron chi connectivity index (χ1n) is 11.0. The molecule has 0 aliphatic carbocycles. The van der Waals surface area contributed by atoms with Crippen LogP contribution in [-0.2, 0) is 14.8 Å². The quantitative estimate of drug-likeness (QED) is 0.683. The van der Waals surface area contributed by atoms with Crippen LogP contribution in [0.3, 0.4) is 0 Å². The topological polar surface area (TPSA) is 70.2 Å². The summed E-state index contributed by atoms with van der Waals surface area (Å²) in [5, 5.41) is 0. The molecule has 2 saturated heterocycles. The minimum Gasteiger partial charge on any atom is -0.495 e. The van der Waals surface area contributed by atoms with Gasteiger partial charge in [-0.15, -0.1) is 0 Å². The molecule has 2 fully saturated rings. The molecule has 2 aliphatic heterocycles. The number of sulfonamides is 1. The summed E-state index contributed by atoms with van der Waals surface area (Å²) in [7, 11) is -2.25. The second kappa shape index (κ2) is 9.66. The number of likely N-dealkylation sites (N-methyl/N-ethyl adjacent to an activating group) is 1. The molecule has 0 unspecified atom stereocenters. The zero-order chi connectivity index (χ0) is 21.9. The highest BCUT2D eigenvalue weighted by molar-refractivity contribution is 7.89. The lowest BCUT2D eigenvalue weighted by molar-refractivity contribution is -0.138. The molecule has 1 aromatic carbocycles. The van der Waals surface area contributed by atoms with Crippen molar-refractivity contribution in [2.24, 2.45) is 5.92 Å². The van der Waals surface area contributed by atoms with Crippen LogP contribution in [0.2, 0.25) is 0 Å². The van der Waals surface area contributed by atoms with Crippen molar-refractivity contribution in [3.05, 3.63) is 23.8 Å². The van der Waals surface area contributed by atoms with E-state index in [0.29, 0.717) is 18.7 Å². The first kappa shape index (κ1) is 23.0. The fourth-order valence-electron chi connectivity index (χ4n) is 4.30. The van der Waals surface area contributed by atoms with Gasteiger partial charge in [0.2, 0.25) is 15.9 Å². The minimum absolute atomic E-state index is 0.0912. The lowest BCUT2D eigenvalue weighted by atomic mass is 9.98. The summed E-state index contributed by atoms with van der Waals surface area (Å²) in [6, 6.07) is 5.34. The Morgan fingerprint density at radius 3 is 2.47 bits per heavy atom. The number of piperazine rings is 1. The van der Waals surface area contributed by atoms with E-state index in [2.05, 4.69) is 11.8 Å². The SMILES string of the molecule is CCN1CCN(C(=O)[C@H]2CCCN(S(=O)(=O)c3cc(C(C)C)ccc3OC)C2)CC1. The van der Waals surface area contributed by atoms with Crippen LogP contribution in [0.5, 0.6) is 5.75 Å². The number of piperidine rings is 1. The summed E-state index contributed by atoms with van der Waals surface area (Å²) in [5.74, 6) is 0.375. The molecule has 2 aliphatic rings. The van der Waals surface area contributed by atoms with Crippen molar-refractivity contribution in [1.82, 2.24) is 14.1 Å². The van der Waals surface area contributed by atoms with Gasteiger partial charge in [0.1, 0.15) is 10.6 Å². The monoisotopic (exact) mass is 437 g/mol. The van der Waals surface area contributed by atoms with E-state index in [0.717, 1.165) is 44.7 Å². The molecule has 1 amide bonds. The van der Waals surface area contributed by atoms with Crippen LogP contribution in [0.1, 0.15) is 45.1 Å². The van der Waals surface area contributed by atoms with Crippen molar-refractivity contribution in [3.8, 4) is 5.75 Å². The predicted molar refractivity (Wildman–Crippen MR) is 117 cm³/mol. The molecule has 1 aromatic rings. The first-order chi connectivity index (χ1) is 14.3. The van der Waals surface area contributed by atoms with Gasteiger partial charge in [-0.1, -0.05) is 26.8 Å². The number of carbonyl (C=O) groups is 1. The maximum atomic E-state index is 13.5. The van der Waals surface area contributed by atoms with Crippen molar-refractivity contribution >= 4 is 15.9 Å². The Hall–Kier alpha value is -1.64. The molecule has 0 bridgehead atoms. The number of hydrogen-bond acceptors (Lipinski definition) is 5. The lowest BCUT2D eigenvalue weighted by Gasteiger charge is -2.38. The third kappa shape index (κ3) is 4.81. The summed E-state index contributed by atoms with van der Waals surface area (Å²) in [5.41, 5.74) is 0.952. The molecule has 2 heterocycles. The summed E-state index contributed by atoms with van der Waals surface area (Å²) in [4.78, 5) is 17.5. The predicted octanol–water partition coefficient (Wildman–Crippen LogP) is 2.38. The standard InChI is InChI=1S/C22H35N3O4S/c1-5-23-11-13-24(14-12-23)22(26)19-7-6-10-25(16-19)30(27,28)21-15-18(17(2)3)8-9-20(21)29-4/h8-9,15,17,19H,5-7,10-14,16H2,1-4H3/t19-/m0/s1. The normalized spacial score (nSPS) is 21.8. The van der Waals surface area contributed by atoms with Crippen LogP contribution in [0.4, 0.5) is 0 Å². The smallest absolute Gasteiger partial charge is 0.246 e. The molecule has 0 spiro atoms. The molecule has 3 rings (SSSR count). The number of carbonyl (C=O) groups excluding carboxylic acids is 1. The van der Waals surface area contributed by atoms with Gasteiger partial charge in [0, 0.05) is 39.3 Å². The highest BCUT2D eigenvalue weighted by Gasteiger charge is 2.37. The molecule has 168 valence electrons. The molecular formula is C22H35N3O4S. The first-order valence-corrected chi connectivity index (χ1v) is 12.4. The molecule has 1 atom stereocenters. The third-order valence-electron chi connectivity index (χ3n) is 6.34. The van der Waals surface area contributed by atoms with Crippen LogP contribution in [-0.4, -0.2) is 81.4 Å². The zero-order valence-corrected chi connectivity index (χ0v) is 19.5. The molecule has 0 saturated carbocycles. The Bertz CT molecular complexity index is 848. The number of benzene rings is 1. The van der Waals surface area contributed by atoms with Gasteiger partial charge in [-0.05, 0) is 43.0 Å². The number of methoxy groups -OCH3 is 1. The van der Waals surface area contributed by atoms with Gasteiger partial charge in [0.05, 0.1) is 13.0 Å². The van der Waals surface area contributed by atoms with Gasteiger partial charge in [0.15, 0.2) is 0 Å². The van der Waals surface area contributed by atoms with Crippen molar-refractivity contribution in [1.29, 1.82) is 0 Å². The molecule has 0 radical (unpaired) electrons. The average Bonchev–Trinajstić information content (AvgIpc) is 2.78. The van der Waals surface area contributed by atoms with E-state index in [1.165, 1.54) is 11.4 Å². The van der Waals surface area contributed by atoms with E-state index in [1.807, 2.05) is 24.8 Å². The van der Waals surface area contributed by atoms with Crippen molar-refractivity contribution < 1.29 is 17.9 Å². The Morgan fingerprint density at radius 1 is 1.17 bits per heavy atom. The Labute approximate surface area is 181 Å². The molecule has 30 heavy (non-hydrogen) atoms. The zero-order valence-electron chi connectivity index (χ0n) is 18.6. The maximum absolute atomic E-state index is 13.5. The number of nitrogens with zero attached hydrogens (tertiary/aromatic N) is 3. The highest BCUT2D eigenvalue weighted by atomic mass is 32.2. The second-order valence-electron chi connectivity index (χ2n) is 8.53. The molecule has 7 nitrogen and oxygen atoms in total. The van der Waals surface area contributed by atoms with Crippen LogP contribution in [0.15, 0.2) is 23.1 Å². The fraction of sp³-hybridized carbons (Fsp3) is 0.682. The summed E-state index contributed by atoms with van der Waals surface area (Å²) < 4.78 is 33.8. The minimum atomic E-state index is -3.74. The van der Waals surface area contributed by atoms with E-state index in [9.17, 15) is 13.2 Å². The fourth-order valence-corrected chi connectivity index (χ4v) is 6.01. The van der Waals surface area contributed by atoms with Crippen LogP contribution in [0, 0.1) is 5.92 Å². The number of hydrogen-bond donors (Lipinski definition) is 0. The van der Waals surface area contributed by atoms with Crippen LogP contribution >= 0.6 is 0 Å². The Balaban J connectivity index is 1.77. The molecule has 0 aromatic heterocycles. The van der Waals surface area contributed by atoms with Crippen molar-refractivity contribution in [3.63, 3.8) is 0 Å². The van der Waals surface area contributed by atoms with Gasteiger partial charge >= 0.3 is 0 Å². The van der Waals surface area contributed by atoms with E-state index in [4.69, 9.17) is 4.74 Å². The highest BCUT2D eigenvalue weighted by Crippen LogP contribution is 2.32. The van der Waals surface area contributed by atoms with Crippen LogP contribution in [0.25, 0.3) is 0 Å². The van der Waals surface area contributed by atoms with Crippen molar-refractivity contribution in [2.75, 3.05) is 52.9 Å². The summed E-state index contributed by atoms with van der Waals surface area (Å²) in [6.07, 6.45) is 1.43. The molecule has 0 N–H and O–H groups in total. The van der Waals surface area contributed by atoms with E-state index < -0.39 is 10.0 Å². The van der Waals surface area contributed by atoms with Crippen molar-refractivity contribution in [2.45, 2.75) is 44.4 Å². The van der Waals surface area contributed by atoms with Gasteiger partial charge in [0.25, 0.3) is 0 Å². The van der Waals surface area contributed by atoms with Gasteiger partial charge in [-0.3, -0.25) is 4.79 Å². The maximum Gasteiger partial charge on any atom is 0.246 e. The lowest BCUT2D eigenvalue weighted by Crippen LogP contribution is -2.52. The second-order valence-corrected chi connectivity index (χ2v) is 10.4. The van der Waals surface area contributed by atoms with E-state index >= 15 is 0 Å². The summed E-state index contributed by atoms with van der Waals surface area (Å²) >= 11 is 0. The van der Waals surface area contributed by atoms with Gasteiger partial charge in [-0.25, -0.2) is 8.42 Å². The van der Waals surface area contributed by atoms with E-state index in [-0.39, 0.29) is 29.2 Å². The largest absolute Gasteiger partial charge is 0.495 e. The Morgan fingerprint density at radius 2 is 1.87 bits per heavy atom. The molecule has 8 heteroatoms.